The molecule has 7 nitrogen and oxygen atoms in total. The molecule has 0 unspecified atom stereocenters. The van der Waals surface area contributed by atoms with Crippen molar-refractivity contribution in [2.75, 3.05) is 25.2 Å². The maximum Gasteiger partial charge on any atom is 0.255 e. The molecule has 0 spiro atoms. The Hall–Kier alpha value is -2.29. The van der Waals surface area contributed by atoms with Gasteiger partial charge in [-0.2, -0.15) is 4.31 Å². The summed E-state index contributed by atoms with van der Waals surface area (Å²) in [7, 11) is -3.68. The Morgan fingerprint density at radius 2 is 1.77 bits per heavy atom. The van der Waals surface area contributed by atoms with Crippen LogP contribution in [0.3, 0.4) is 0 Å². The van der Waals surface area contributed by atoms with Crippen LogP contribution in [0, 0.1) is 11.8 Å². The number of carbonyl (C=O) groups is 1. The average molecular weight is 451 g/mol. The minimum absolute atomic E-state index is 0.0939. The van der Waals surface area contributed by atoms with E-state index in [2.05, 4.69) is 19.2 Å². The molecule has 0 aliphatic carbocycles. The number of hydrogen-bond donors (Lipinski definition) is 1. The first kappa shape index (κ1) is 21.0. The highest BCUT2D eigenvalue weighted by atomic mass is 35.5. The van der Waals surface area contributed by atoms with Crippen molar-refractivity contribution >= 4 is 33.2 Å². The molecule has 2 heterocycles. The first-order valence-corrected chi connectivity index (χ1v) is 11.6. The molecule has 0 saturated carbocycles. The quantitative estimate of drug-likeness (QED) is 0.761. The van der Waals surface area contributed by atoms with Gasteiger partial charge in [0.05, 0.1) is 15.6 Å². The third kappa shape index (κ3) is 4.12. The fourth-order valence-corrected chi connectivity index (χ4v) is 5.88. The van der Waals surface area contributed by atoms with Crippen molar-refractivity contribution < 1.29 is 22.7 Å². The van der Waals surface area contributed by atoms with Crippen LogP contribution in [-0.4, -0.2) is 38.5 Å². The molecule has 4 rings (SSSR count). The van der Waals surface area contributed by atoms with Gasteiger partial charge in [-0.25, -0.2) is 8.42 Å². The monoisotopic (exact) mass is 450 g/mol. The van der Waals surface area contributed by atoms with Crippen LogP contribution in [-0.2, 0) is 10.0 Å². The molecule has 0 bridgehead atoms. The van der Waals surface area contributed by atoms with E-state index in [1.54, 1.807) is 24.3 Å². The number of fused-ring (bicyclic) bond motifs is 1. The largest absolute Gasteiger partial charge is 0.454 e. The second kappa shape index (κ2) is 8.09. The van der Waals surface area contributed by atoms with E-state index in [9.17, 15) is 13.2 Å². The lowest BCUT2D eigenvalue weighted by Crippen LogP contribution is -2.42. The van der Waals surface area contributed by atoms with Crippen LogP contribution in [0.5, 0.6) is 11.5 Å². The Kier molecular flexibility index (Phi) is 5.65. The van der Waals surface area contributed by atoms with Gasteiger partial charge in [-0.3, -0.25) is 4.79 Å². The van der Waals surface area contributed by atoms with Gasteiger partial charge in [0, 0.05) is 30.8 Å². The minimum atomic E-state index is -3.68. The number of rotatable bonds is 4. The smallest absolute Gasteiger partial charge is 0.255 e. The van der Waals surface area contributed by atoms with Gasteiger partial charge in [0.25, 0.3) is 5.91 Å². The van der Waals surface area contributed by atoms with Gasteiger partial charge in [0.1, 0.15) is 0 Å². The third-order valence-corrected chi connectivity index (χ3v) is 7.42. The molecule has 160 valence electrons. The molecule has 2 aromatic rings. The van der Waals surface area contributed by atoms with Crippen LogP contribution in [0.2, 0.25) is 5.02 Å². The van der Waals surface area contributed by atoms with E-state index >= 15 is 0 Å². The number of anilines is 1. The van der Waals surface area contributed by atoms with Crippen LogP contribution in [0.1, 0.15) is 30.6 Å². The van der Waals surface area contributed by atoms with Crippen molar-refractivity contribution in [2.24, 2.45) is 11.8 Å². The van der Waals surface area contributed by atoms with Crippen LogP contribution >= 0.6 is 11.6 Å². The van der Waals surface area contributed by atoms with E-state index in [1.807, 2.05) is 0 Å². The van der Waals surface area contributed by atoms with E-state index in [1.165, 1.54) is 16.4 Å². The van der Waals surface area contributed by atoms with E-state index in [0.717, 1.165) is 6.42 Å². The number of hydrogen-bond acceptors (Lipinski definition) is 5. The maximum atomic E-state index is 13.1. The summed E-state index contributed by atoms with van der Waals surface area (Å²) in [5, 5.41) is 3.01. The van der Waals surface area contributed by atoms with Gasteiger partial charge in [0.2, 0.25) is 16.8 Å². The zero-order valence-corrected chi connectivity index (χ0v) is 18.3. The lowest BCUT2D eigenvalue weighted by Gasteiger charge is -2.34. The standard InChI is InChI=1S/C21H23ClN2O5S/c1-13-6-14(2)11-24(10-13)30(26,27)16-5-3-4-15(7-16)21(25)23-18-9-20-19(8-17(18)22)28-12-29-20/h3-5,7-9,13-14H,6,10-12H2,1-2H3,(H,23,25)/t13-,14+. The molecule has 2 atom stereocenters. The van der Waals surface area contributed by atoms with Crippen molar-refractivity contribution in [3.05, 3.63) is 47.0 Å². The molecular formula is C21H23ClN2O5S. The zero-order valence-electron chi connectivity index (χ0n) is 16.7. The van der Waals surface area contributed by atoms with Gasteiger partial charge >= 0.3 is 0 Å². The summed E-state index contributed by atoms with van der Waals surface area (Å²) in [6.07, 6.45) is 1.00. The van der Waals surface area contributed by atoms with E-state index in [0.29, 0.717) is 47.1 Å². The summed E-state index contributed by atoms with van der Waals surface area (Å²) in [4.78, 5) is 12.9. The number of nitrogens with zero attached hydrogens (tertiary/aromatic N) is 1. The summed E-state index contributed by atoms with van der Waals surface area (Å²) in [6, 6.07) is 9.20. The topological polar surface area (TPSA) is 84.9 Å². The third-order valence-electron chi connectivity index (χ3n) is 5.28. The van der Waals surface area contributed by atoms with Crippen molar-refractivity contribution in [1.29, 1.82) is 0 Å². The Morgan fingerprint density at radius 3 is 2.47 bits per heavy atom. The van der Waals surface area contributed by atoms with Gasteiger partial charge in [-0.1, -0.05) is 31.5 Å². The number of nitrogens with one attached hydrogen (secondary N) is 1. The van der Waals surface area contributed by atoms with E-state index in [-0.39, 0.29) is 17.3 Å². The highest BCUT2D eigenvalue weighted by molar-refractivity contribution is 7.89. The Labute approximate surface area is 181 Å². The van der Waals surface area contributed by atoms with Gasteiger partial charge in [0.15, 0.2) is 11.5 Å². The highest BCUT2D eigenvalue weighted by Gasteiger charge is 2.32. The highest BCUT2D eigenvalue weighted by Crippen LogP contribution is 2.39. The second-order valence-electron chi connectivity index (χ2n) is 7.94. The summed E-state index contributed by atoms with van der Waals surface area (Å²) in [5.41, 5.74) is 0.584. The van der Waals surface area contributed by atoms with Crippen molar-refractivity contribution in [3.8, 4) is 11.5 Å². The first-order valence-electron chi connectivity index (χ1n) is 9.74. The molecule has 2 aliphatic rings. The molecule has 0 aromatic heterocycles. The summed E-state index contributed by atoms with van der Waals surface area (Å²) in [5.74, 6) is 1.12. The van der Waals surface area contributed by atoms with Crippen molar-refractivity contribution in [1.82, 2.24) is 4.31 Å². The number of piperidine rings is 1. The van der Waals surface area contributed by atoms with Gasteiger partial charge < -0.3 is 14.8 Å². The second-order valence-corrected chi connectivity index (χ2v) is 10.3. The molecule has 2 aliphatic heterocycles. The number of carbonyl (C=O) groups excluding carboxylic acids is 1. The number of halogens is 1. The minimum Gasteiger partial charge on any atom is -0.454 e. The lowest BCUT2D eigenvalue weighted by molar-refractivity contribution is 0.102. The lowest BCUT2D eigenvalue weighted by atomic mass is 9.94. The normalized spacial score (nSPS) is 21.4. The molecular weight excluding hydrogens is 428 g/mol. The molecule has 30 heavy (non-hydrogen) atoms. The Morgan fingerprint density at radius 1 is 1.10 bits per heavy atom. The molecule has 2 aromatic carbocycles. The van der Waals surface area contributed by atoms with Gasteiger partial charge in [-0.05, 0) is 36.5 Å². The van der Waals surface area contributed by atoms with Crippen LogP contribution in [0.4, 0.5) is 5.69 Å². The van der Waals surface area contributed by atoms with Crippen LogP contribution in [0.25, 0.3) is 0 Å². The first-order chi connectivity index (χ1) is 14.2. The molecule has 1 saturated heterocycles. The van der Waals surface area contributed by atoms with Crippen LogP contribution in [0.15, 0.2) is 41.3 Å². The van der Waals surface area contributed by atoms with E-state index < -0.39 is 15.9 Å². The predicted octanol–water partition coefficient (Wildman–Crippen LogP) is 3.99. The fraction of sp³-hybridized carbons (Fsp3) is 0.381. The SMILES string of the molecule is C[C@@H]1C[C@H](C)CN(S(=O)(=O)c2cccc(C(=O)Nc3cc4c(cc3Cl)OCO4)c2)C1. The number of sulfonamides is 1. The average Bonchev–Trinajstić information content (AvgIpc) is 3.14. The van der Waals surface area contributed by atoms with Gasteiger partial charge in [-0.15, -0.1) is 0 Å². The molecule has 9 heteroatoms. The maximum absolute atomic E-state index is 13.1. The van der Waals surface area contributed by atoms with Crippen LogP contribution < -0.4 is 14.8 Å². The Balaban J connectivity index is 1.57. The molecule has 0 radical (unpaired) electrons. The zero-order chi connectivity index (χ0) is 21.5. The molecule has 1 amide bonds. The summed E-state index contributed by atoms with van der Waals surface area (Å²) < 4.78 is 38.4. The van der Waals surface area contributed by atoms with E-state index in [4.69, 9.17) is 21.1 Å². The fourth-order valence-electron chi connectivity index (χ4n) is 3.96. The number of ether oxygens (including phenoxy) is 2. The van der Waals surface area contributed by atoms with Crippen molar-refractivity contribution in [3.63, 3.8) is 0 Å². The molecule has 1 fully saturated rings. The summed E-state index contributed by atoms with van der Waals surface area (Å²) in [6.45, 7) is 5.16. The molecule has 1 N–H and O–H groups in total. The van der Waals surface area contributed by atoms with Crippen molar-refractivity contribution in [2.45, 2.75) is 25.2 Å². The number of benzene rings is 2. The number of amides is 1. The summed E-state index contributed by atoms with van der Waals surface area (Å²) >= 11 is 6.22. The Bertz CT molecular complexity index is 1080. The predicted molar refractivity (Wildman–Crippen MR) is 114 cm³/mol.